The summed E-state index contributed by atoms with van der Waals surface area (Å²) in [5, 5.41) is 10.9. The molecular weight excluding hydrogens is 302 g/mol. The minimum atomic E-state index is -3.49. The van der Waals surface area contributed by atoms with Gasteiger partial charge >= 0.3 is 0 Å². The number of hydrogen-bond donors (Lipinski definition) is 0. The van der Waals surface area contributed by atoms with Crippen LogP contribution in [0, 0.1) is 11.8 Å². The average Bonchev–Trinajstić information content (AvgIpc) is 3.00. The molecule has 0 radical (unpaired) electrons. The van der Waals surface area contributed by atoms with E-state index in [1.54, 1.807) is 28.6 Å². The molecule has 2 unspecified atom stereocenters. The first-order valence-corrected chi connectivity index (χ1v) is 8.74. The first kappa shape index (κ1) is 15.1. The van der Waals surface area contributed by atoms with Gasteiger partial charge in [0.15, 0.2) is 0 Å². The molecule has 1 aromatic heterocycles. The van der Waals surface area contributed by atoms with E-state index in [1.807, 2.05) is 0 Å². The normalized spacial score (nSPS) is 23.5. The molecule has 1 aromatic carbocycles. The first-order chi connectivity index (χ1) is 10.5. The lowest BCUT2D eigenvalue weighted by Gasteiger charge is -2.34. The highest BCUT2D eigenvalue weighted by molar-refractivity contribution is 7.89. The van der Waals surface area contributed by atoms with Gasteiger partial charge in [0.05, 0.1) is 10.6 Å². The Hall–Kier alpha value is -1.80. The van der Waals surface area contributed by atoms with Gasteiger partial charge in [-0.1, -0.05) is 19.9 Å². The molecule has 8 heteroatoms. The number of benzene rings is 1. The number of nitrogens with zero attached hydrogens (tertiary/aromatic N) is 5. The van der Waals surface area contributed by atoms with Crippen molar-refractivity contribution in [3.8, 4) is 5.69 Å². The molecule has 118 valence electrons. The molecule has 2 heterocycles. The highest BCUT2D eigenvalue weighted by Crippen LogP contribution is 2.27. The van der Waals surface area contributed by atoms with Gasteiger partial charge < -0.3 is 0 Å². The third kappa shape index (κ3) is 2.89. The molecule has 0 aliphatic carbocycles. The lowest BCUT2D eigenvalue weighted by Crippen LogP contribution is -2.42. The Balaban J connectivity index is 1.94. The zero-order valence-electron chi connectivity index (χ0n) is 12.6. The van der Waals surface area contributed by atoms with Crippen LogP contribution in [0.2, 0.25) is 0 Å². The molecule has 1 aliphatic rings. The molecule has 1 fully saturated rings. The van der Waals surface area contributed by atoms with Crippen molar-refractivity contribution in [2.45, 2.75) is 25.2 Å². The number of aromatic nitrogens is 4. The largest absolute Gasteiger partial charge is 0.243 e. The van der Waals surface area contributed by atoms with Crippen LogP contribution in [0.3, 0.4) is 0 Å². The van der Waals surface area contributed by atoms with Crippen molar-refractivity contribution in [3.63, 3.8) is 0 Å². The molecule has 0 saturated carbocycles. The van der Waals surface area contributed by atoms with Crippen LogP contribution in [0.5, 0.6) is 0 Å². The zero-order chi connectivity index (χ0) is 15.7. The Morgan fingerprint density at radius 3 is 2.55 bits per heavy atom. The zero-order valence-corrected chi connectivity index (χ0v) is 13.4. The predicted octanol–water partition coefficient (Wildman–Crippen LogP) is 1.33. The summed E-state index contributed by atoms with van der Waals surface area (Å²) < 4.78 is 28.8. The molecule has 0 bridgehead atoms. The summed E-state index contributed by atoms with van der Waals surface area (Å²) in [6.45, 7) is 5.33. The van der Waals surface area contributed by atoms with E-state index in [0.717, 1.165) is 6.42 Å². The van der Waals surface area contributed by atoms with Crippen LogP contribution in [0.1, 0.15) is 20.3 Å². The van der Waals surface area contributed by atoms with E-state index < -0.39 is 10.0 Å². The number of piperidine rings is 1. The molecular formula is C14H19N5O2S. The van der Waals surface area contributed by atoms with Crippen molar-refractivity contribution >= 4 is 10.0 Å². The van der Waals surface area contributed by atoms with E-state index in [-0.39, 0.29) is 4.90 Å². The number of sulfonamides is 1. The van der Waals surface area contributed by atoms with E-state index in [9.17, 15) is 8.42 Å². The van der Waals surface area contributed by atoms with E-state index >= 15 is 0 Å². The highest BCUT2D eigenvalue weighted by Gasteiger charge is 2.31. The molecule has 22 heavy (non-hydrogen) atoms. The van der Waals surface area contributed by atoms with Crippen molar-refractivity contribution in [3.05, 3.63) is 30.6 Å². The smallest absolute Gasteiger partial charge is 0.207 e. The number of rotatable bonds is 3. The van der Waals surface area contributed by atoms with E-state index in [4.69, 9.17) is 0 Å². The van der Waals surface area contributed by atoms with Gasteiger partial charge in [0.1, 0.15) is 6.33 Å². The topological polar surface area (TPSA) is 81.0 Å². The van der Waals surface area contributed by atoms with E-state index in [2.05, 4.69) is 29.4 Å². The van der Waals surface area contributed by atoms with Gasteiger partial charge in [-0.25, -0.2) is 13.1 Å². The van der Waals surface area contributed by atoms with Gasteiger partial charge in [-0.15, -0.1) is 5.10 Å². The van der Waals surface area contributed by atoms with Gasteiger partial charge in [-0.05, 0) is 46.9 Å². The van der Waals surface area contributed by atoms with E-state index in [0.29, 0.717) is 30.6 Å². The van der Waals surface area contributed by atoms with Gasteiger partial charge in [0, 0.05) is 13.1 Å². The summed E-state index contributed by atoms with van der Waals surface area (Å²) in [5.41, 5.74) is 0.629. The minimum absolute atomic E-state index is 0.279. The fraction of sp³-hybridized carbons (Fsp3) is 0.500. The molecule has 2 atom stereocenters. The van der Waals surface area contributed by atoms with Crippen LogP contribution in [0.15, 0.2) is 35.5 Å². The highest BCUT2D eigenvalue weighted by atomic mass is 32.2. The predicted molar refractivity (Wildman–Crippen MR) is 80.9 cm³/mol. The Morgan fingerprint density at radius 1 is 1.18 bits per heavy atom. The minimum Gasteiger partial charge on any atom is -0.207 e. The van der Waals surface area contributed by atoms with Crippen LogP contribution in [-0.2, 0) is 10.0 Å². The van der Waals surface area contributed by atoms with Gasteiger partial charge in [-0.2, -0.15) is 4.31 Å². The van der Waals surface area contributed by atoms with Gasteiger partial charge in [0.25, 0.3) is 0 Å². The Morgan fingerprint density at radius 2 is 1.91 bits per heavy atom. The third-order valence-corrected chi connectivity index (χ3v) is 5.73. The van der Waals surface area contributed by atoms with Crippen molar-refractivity contribution in [2.75, 3.05) is 13.1 Å². The molecule has 0 N–H and O–H groups in total. The second-order valence-corrected chi connectivity index (χ2v) is 7.96. The molecule has 2 aromatic rings. The lowest BCUT2D eigenvalue weighted by molar-refractivity contribution is 0.222. The van der Waals surface area contributed by atoms with Crippen LogP contribution < -0.4 is 0 Å². The number of tetrazole rings is 1. The summed E-state index contributed by atoms with van der Waals surface area (Å²) in [7, 11) is -3.49. The molecule has 0 spiro atoms. The van der Waals surface area contributed by atoms with E-state index in [1.165, 1.54) is 11.0 Å². The molecule has 1 aliphatic heterocycles. The van der Waals surface area contributed by atoms with Gasteiger partial charge in [-0.3, -0.25) is 0 Å². The van der Waals surface area contributed by atoms with Crippen molar-refractivity contribution < 1.29 is 8.42 Å². The lowest BCUT2D eigenvalue weighted by atomic mass is 9.94. The summed E-state index contributed by atoms with van der Waals surface area (Å²) in [6, 6.07) is 6.71. The SMILES string of the molecule is CC1CC(C)CN(S(=O)(=O)c2cccc(-n3cnnn3)c2)C1. The summed E-state index contributed by atoms with van der Waals surface area (Å²) >= 11 is 0. The summed E-state index contributed by atoms with van der Waals surface area (Å²) in [4.78, 5) is 0.279. The Labute approximate surface area is 130 Å². The van der Waals surface area contributed by atoms with Crippen LogP contribution in [-0.4, -0.2) is 46.0 Å². The molecule has 0 amide bonds. The summed E-state index contributed by atoms with van der Waals surface area (Å²) in [6.07, 6.45) is 2.51. The van der Waals surface area contributed by atoms with Gasteiger partial charge in [0.2, 0.25) is 10.0 Å². The second-order valence-electron chi connectivity index (χ2n) is 6.02. The van der Waals surface area contributed by atoms with Crippen molar-refractivity contribution in [1.29, 1.82) is 0 Å². The molecule has 7 nitrogen and oxygen atoms in total. The van der Waals surface area contributed by atoms with Crippen LogP contribution >= 0.6 is 0 Å². The summed E-state index contributed by atoms with van der Waals surface area (Å²) in [5.74, 6) is 0.752. The second kappa shape index (κ2) is 5.77. The first-order valence-electron chi connectivity index (χ1n) is 7.30. The van der Waals surface area contributed by atoms with Crippen LogP contribution in [0.25, 0.3) is 5.69 Å². The maximum Gasteiger partial charge on any atom is 0.243 e. The molecule has 1 saturated heterocycles. The quantitative estimate of drug-likeness (QED) is 0.852. The van der Waals surface area contributed by atoms with Crippen molar-refractivity contribution in [2.24, 2.45) is 11.8 Å². The Kier molecular flexibility index (Phi) is 3.96. The Bertz CT molecular complexity index is 734. The van der Waals surface area contributed by atoms with Crippen LogP contribution in [0.4, 0.5) is 0 Å². The monoisotopic (exact) mass is 321 g/mol. The number of hydrogen-bond acceptors (Lipinski definition) is 5. The third-order valence-electron chi connectivity index (χ3n) is 3.90. The fourth-order valence-corrected chi connectivity index (χ4v) is 4.74. The molecule has 3 rings (SSSR count). The maximum absolute atomic E-state index is 12.9. The fourth-order valence-electron chi connectivity index (χ4n) is 3.02. The maximum atomic E-state index is 12.9. The van der Waals surface area contributed by atoms with Crippen molar-refractivity contribution in [1.82, 2.24) is 24.5 Å². The standard InChI is InChI=1S/C14H19N5O2S/c1-11-6-12(2)9-18(8-11)22(20,21)14-5-3-4-13(7-14)19-10-15-16-17-19/h3-5,7,10-12H,6,8-9H2,1-2H3. The average molecular weight is 321 g/mol.